The zero-order valence-corrected chi connectivity index (χ0v) is 59.1. The van der Waals surface area contributed by atoms with E-state index in [1.54, 1.807) is 0 Å². The lowest BCUT2D eigenvalue weighted by atomic mass is 9.72. The standard InChI is InChI=1S/C88H107N/c1-58-74(61-30-38-70(39-31-61)85(16,17)54-81(4,5)6)50-68(51-75(58)62-32-40-71(41-33-62)86(18,19)55-82(7,8)9)78-48-67(65-27-26-28-66(47-65)80-29-24-25-46-89-80)49-79(60(78)3)69-52-76(63-34-42-72(43-35-63)87(20,21)56-83(10,11)12)59(2)77(53-69)64-36-44-73(45-37-64)88(22,23)57-84(13,14)15/h24-53H,54-57H2,1-23H3. The molecule has 0 aliphatic carbocycles. The van der Waals surface area contributed by atoms with Gasteiger partial charge < -0.3 is 0 Å². The Morgan fingerprint density at radius 1 is 0.236 bits per heavy atom. The van der Waals surface area contributed by atoms with E-state index in [9.17, 15) is 0 Å². The van der Waals surface area contributed by atoms with E-state index in [1.165, 1.54) is 106 Å². The topological polar surface area (TPSA) is 12.9 Å². The van der Waals surface area contributed by atoms with Crippen LogP contribution in [0, 0.1) is 42.4 Å². The lowest BCUT2D eigenvalue weighted by Gasteiger charge is -2.33. The molecule has 9 rings (SSSR count). The predicted octanol–water partition coefficient (Wildman–Crippen LogP) is 26.2. The van der Waals surface area contributed by atoms with Crippen LogP contribution in [0.25, 0.3) is 89.1 Å². The van der Waals surface area contributed by atoms with Gasteiger partial charge >= 0.3 is 0 Å². The second kappa shape index (κ2) is 24.6. The van der Waals surface area contributed by atoms with Crippen LogP contribution in [0.2, 0.25) is 0 Å². The van der Waals surface area contributed by atoms with Crippen molar-refractivity contribution in [3.05, 3.63) is 221 Å². The van der Waals surface area contributed by atoms with Gasteiger partial charge in [-0.25, -0.2) is 0 Å². The summed E-state index contributed by atoms with van der Waals surface area (Å²) in [6.45, 7) is 54.6. The second-order valence-electron chi connectivity index (χ2n) is 34.2. The maximum Gasteiger partial charge on any atom is 0.0702 e. The van der Waals surface area contributed by atoms with Crippen molar-refractivity contribution in [1.82, 2.24) is 4.98 Å². The number of aromatic nitrogens is 1. The molecule has 1 aromatic heterocycles. The average Bonchev–Trinajstić information content (AvgIpc) is 1.58. The third-order valence-corrected chi connectivity index (χ3v) is 18.8. The first-order valence-electron chi connectivity index (χ1n) is 33.2. The van der Waals surface area contributed by atoms with Gasteiger partial charge in [-0.05, 0) is 261 Å². The van der Waals surface area contributed by atoms with Crippen molar-refractivity contribution in [2.45, 2.75) is 207 Å². The number of hydrogen-bond donors (Lipinski definition) is 0. The van der Waals surface area contributed by atoms with Crippen molar-refractivity contribution < 1.29 is 0 Å². The van der Waals surface area contributed by atoms with Crippen LogP contribution in [0.5, 0.6) is 0 Å². The number of nitrogens with zero attached hydrogens (tertiary/aromatic N) is 1. The Kier molecular flexibility index (Phi) is 18.3. The van der Waals surface area contributed by atoms with Crippen molar-refractivity contribution in [3.63, 3.8) is 0 Å². The first-order chi connectivity index (χ1) is 41.3. The Bertz CT molecular complexity index is 3540. The second-order valence-corrected chi connectivity index (χ2v) is 34.2. The molecule has 1 heteroatoms. The van der Waals surface area contributed by atoms with E-state index in [0.717, 1.165) is 48.1 Å². The van der Waals surface area contributed by atoms with Gasteiger partial charge in [0.2, 0.25) is 0 Å². The first kappa shape index (κ1) is 66.3. The van der Waals surface area contributed by atoms with Crippen molar-refractivity contribution in [2.24, 2.45) is 21.7 Å². The Morgan fingerprint density at radius 3 is 0.753 bits per heavy atom. The summed E-state index contributed by atoms with van der Waals surface area (Å²) in [5.74, 6) is 0. The largest absolute Gasteiger partial charge is 0.256 e. The molecule has 1 nitrogen and oxygen atoms in total. The van der Waals surface area contributed by atoms with Crippen molar-refractivity contribution in [2.75, 3.05) is 0 Å². The number of pyridine rings is 1. The van der Waals surface area contributed by atoms with Crippen molar-refractivity contribution >= 4 is 0 Å². The van der Waals surface area contributed by atoms with Gasteiger partial charge in [-0.1, -0.05) is 260 Å². The molecular weight excluding hydrogens is 1070 g/mol. The summed E-state index contributed by atoms with van der Waals surface area (Å²) in [4.78, 5) is 4.84. The zero-order chi connectivity index (χ0) is 65.0. The smallest absolute Gasteiger partial charge is 0.0702 e. The predicted molar refractivity (Wildman–Crippen MR) is 390 cm³/mol. The molecule has 1 heterocycles. The third kappa shape index (κ3) is 15.7. The van der Waals surface area contributed by atoms with Crippen molar-refractivity contribution in [1.29, 1.82) is 0 Å². The Morgan fingerprint density at radius 2 is 0.494 bits per heavy atom. The highest BCUT2D eigenvalue weighted by Gasteiger charge is 2.32. The molecule has 0 unspecified atom stereocenters. The highest BCUT2D eigenvalue weighted by molar-refractivity contribution is 5.93. The fourth-order valence-electron chi connectivity index (χ4n) is 15.9. The molecule has 0 bridgehead atoms. The summed E-state index contributed by atoms with van der Waals surface area (Å²) >= 11 is 0. The summed E-state index contributed by atoms with van der Waals surface area (Å²) < 4.78 is 0. The third-order valence-electron chi connectivity index (χ3n) is 18.8. The summed E-state index contributed by atoms with van der Waals surface area (Å²) in [6.07, 6.45) is 6.27. The molecule has 0 N–H and O–H groups in total. The molecular formula is C88H107N. The van der Waals surface area contributed by atoms with Gasteiger partial charge in [-0.3, -0.25) is 4.98 Å². The van der Waals surface area contributed by atoms with Crippen LogP contribution in [-0.2, 0) is 21.7 Å². The van der Waals surface area contributed by atoms with Crippen LogP contribution < -0.4 is 0 Å². The van der Waals surface area contributed by atoms with Crippen LogP contribution in [0.15, 0.2) is 182 Å². The van der Waals surface area contributed by atoms with Gasteiger partial charge in [0.15, 0.2) is 0 Å². The van der Waals surface area contributed by atoms with Crippen molar-refractivity contribution in [3.8, 4) is 89.1 Å². The molecule has 0 saturated heterocycles. The normalized spacial score (nSPS) is 13.1. The van der Waals surface area contributed by atoms with E-state index < -0.39 is 0 Å². The summed E-state index contributed by atoms with van der Waals surface area (Å²) in [5.41, 5.74) is 29.3. The molecule has 0 spiro atoms. The van der Waals surface area contributed by atoms with Gasteiger partial charge in [-0.2, -0.15) is 0 Å². The Hall–Kier alpha value is -7.09. The van der Waals surface area contributed by atoms with Gasteiger partial charge in [0.05, 0.1) is 5.69 Å². The van der Waals surface area contributed by atoms with Gasteiger partial charge in [-0.15, -0.1) is 0 Å². The number of benzene rings is 8. The number of rotatable bonds is 16. The minimum Gasteiger partial charge on any atom is -0.256 e. The molecule has 0 fully saturated rings. The monoisotopic (exact) mass is 1180 g/mol. The minimum atomic E-state index is 0.0256. The summed E-state index contributed by atoms with van der Waals surface area (Å²) in [6, 6.07) is 68.3. The van der Waals surface area contributed by atoms with Gasteiger partial charge in [0, 0.05) is 11.8 Å². The highest BCUT2D eigenvalue weighted by Crippen LogP contribution is 2.48. The summed E-state index contributed by atoms with van der Waals surface area (Å²) in [7, 11) is 0. The minimum absolute atomic E-state index is 0.0256. The first-order valence-corrected chi connectivity index (χ1v) is 33.2. The van der Waals surface area contributed by atoms with Crippen LogP contribution >= 0.6 is 0 Å². The fourth-order valence-corrected chi connectivity index (χ4v) is 15.9. The van der Waals surface area contributed by atoms with Crippen LogP contribution in [0.1, 0.15) is 203 Å². The molecule has 8 aromatic carbocycles. The molecule has 89 heavy (non-hydrogen) atoms. The molecule has 0 aliphatic rings. The Balaban J connectivity index is 1.32. The lowest BCUT2D eigenvalue weighted by molar-refractivity contribution is 0.283. The van der Waals surface area contributed by atoms with Gasteiger partial charge in [0.1, 0.15) is 0 Å². The molecule has 0 atom stereocenters. The van der Waals surface area contributed by atoms with Crippen LogP contribution in [-0.4, -0.2) is 4.98 Å². The van der Waals surface area contributed by atoms with Gasteiger partial charge in [0.25, 0.3) is 0 Å². The molecule has 0 saturated carbocycles. The maximum atomic E-state index is 4.84. The Labute approximate surface area is 540 Å². The SMILES string of the molecule is Cc1c(-c2cc(-c3ccc(C(C)(C)CC(C)(C)C)cc3)c(C)c(-c3ccc(C(C)(C)CC(C)(C)C)cc3)c2)cc(-c2cccc(-c3ccccn3)c2)cc1-c1cc(-c2ccc(C(C)(C)CC(C)(C)C)cc2)c(C)c(-c2ccc(C(C)(C)CC(C)(C)C)cc2)c1. The molecule has 0 amide bonds. The highest BCUT2D eigenvalue weighted by atomic mass is 14.7. The van der Waals surface area contributed by atoms with E-state index in [4.69, 9.17) is 4.98 Å². The van der Waals surface area contributed by atoms with E-state index in [2.05, 4.69) is 329 Å². The van der Waals surface area contributed by atoms with E-state index in [1.807, 2.05) is 12.3 Å². The lowest BCUT2D eigenvalue weighted by Crippen LogP contribution is -2.24. The molecule has 0 radical (unpaired) electrons. The quantitative estimate of drug-likeness (QED) is 0.0940. The zero-order valence-electron chi connectivity index (χ0n) is 59.1. The molecule has 464 valence electrons. The number of hydrogen-bond acceptors (Lipinski definition) is 1. The maximum absolute atomic E-state index is 4.84. The fraction of sp³-hybridized carbons (Fsp3) is 0.398. The van der Waals surface area contributed by atoms with E-state index in [0.29, 0.717) is 0 Å². The van der Waals surface area contributed by atoms with Crippen LogP contribution in [0.4, 0.5) is 0 Å². The van der Waals surface area contributed by atoms with Crippen LogP contribution in [0.3, 0.4) is 0 Å². The summed E-state index contributed by atoms with van der Waals surface area (Å²) in [5, 5.41) is 0. The van der Waals surface area contributed by atoms with E-state index in [-0.39, 0.29) is 43.3 Å². The van der Waals surface area contributed by atoms with E-state index >= 15 is 0 Å². The average molecular weight is 1180 g/mol. The molecule has 0 aliphatic heterocycles. The molecule has 9 aromatic rings.